The Morgan fingerprint density at radius 3 is 2.32 bits per heavy atom. The molecule has 0 saturated carbocycles. The molecule has 0 aliphatic carbocycles. The molecular formula is C15H21NO7S2. The highest BCUT2D eigenvalue weighted by molar-refractivity contribution is 7.91. The number of hydrogen-bond acceptors (Lipinski definition) is 7. The Hall–Kier alpha value is -1.65. The van der Waals surface area contributed by atoms with Crippen LogP contribution in [-0.2, 0) is 29.1 Å². The van der Waals surface area contributed by atoms with Gasteiger partial charge in [-0.2, -0.15) is 12.7 Å². The second kappa shape index (κ2) is 6.58. The number of sulfone groups is 1. The van der Waals surface area contributed by atoms with E-state index in [1.165, 1.54) is 31.2 Å². The molecule has 10 heteroatoms. The highest BCUT2D eigenvalue weighted by atomic mass is 32.2. The lowest BCUT2D eigenvalue weighted by atomic mass is 10.1. The molecule has 1 saturated heterocycles. The largest absolute Gasteiger partial charge is 0.443 e. The standard InChI is InChI=1S/C15H21NO7S2/c1-5-24(18,19)12-8-6-11(7-9-12)13-10-22-25(20,21)16(13)14(17)23-15(2,3)4/h6-9,13H,5,10H2,1-4H3/t13-/m0/s1. The summed E-state index contributed by atoms with van der Waals surface area (Å²) in [7, 11) is -7.63. The van der Waals surface area contributed by atoms with E-state index in [1.54, 1.807) is 20.8 Å². The van der Waals surface area contributed by atoms with E-state index >= 15 is 0 Å². The SMILES string of the molecule is CCS(=O)(=O)c1ccc([C@@H]2COS(=O)(=O)N2C(=O)OC(C)(C)C)cc1. The molecule has 0 N–H and O–H groups in total. The van der Waals surface area contributed by atoms with Gasteiger partial charge < -0.3 is 4.74 Å². The van der Waals surface area contributed by atoms with Crippen LogP contribution in [0, 0.1) is 0 Å². The van der Waals surface area contributed by atoms with E-state index < -0.39 is 37.9 Å². The molecule has 0 bridgehead atoms. The first-order chi connectivity index (χ1) is 11.4. The van der Waals surface area contributed by atoms with Gasteiger partial charge in [0.2, 0.25) is 0 Å². The molecule has 1 aliphatic rings. The second-order valence-corrected chi connectivity index (χ2v) is 10.3. The Morgan fingerprint density at radius 2 is 1.84 bits per heavy atom. The van der Waals surface area contributed by atoms with E-state index in [9.17, 15) is 21.6 Å². The molecule has 8 nitrogen and oxygen atoms in total. The molecule has 1 heterocycles. The van der Waals surface area contributed by atoms with Crippen molar-refractivity contribution in [3.8, 4) is 0 Å². The number of benzene rings is 1. The normalized spacial score (nSPS) is 20.5. The minimum Gasteiger partial charge on any atom is -0.443 e. The Bertz CT molecular complexity index is 852. The van der Waals surface area contributed by atoms with Crippen LogP contribution in [0.1, 0.15) is 39.3 Å². The molecular weight excluding hydrogens is 370 g/mol. The predicted octanol–water partition coefficient (Wildman–Crippen LogP) is 2.03. The first-order valence-electron chi connectivity index (χ1n) is 7.62. The van der Waals surface area contributed by atoms with Crippen molar-refractivity contribution >= 4 is 26.2 Å². The van der Waals surface area contributed by atoms with E-state index in [0.29, 0.717) is 9.87 Å². The summed E-state index contributed by atoms with van der Waals surface area (Å²) in [5.41, 5.74) is -0.444. The Labute approximate surface area is 147 Å². The van der Waals surface area contributed by atoms with Gasteiger partial charge in [-0.05, 0) is 38.5 Å². The lowest BCUT2D eigenvalue weighted by molar-refractivity contribution is 0.0356. The molecule has 1 fully saturated rings. The van der Waals surface area contributed by atoms with Crippen molar-refractivity contribution in [1.82, 2.24) is 4.31 Å². The third kappa shape index (κ3) is 4.31. The lowest BCUT2D eigenvalue weighted by Crippen LogP contribution is -2.39. The number of carbonyl (C=O) groups is 1. The first-order valence-corrected chi connectivity index (χ1v) is 10.6. The van der Waals surface area contributed by atoms with Crippen molar-refractivity contribution in [2.75, 3.05) is 12.4 Å². The van der Waals surface area contributed by atoms with Gasteiger partial charge in [-0.15, -0.1) is 0 Å². The van der Waals surface area contributed by atoms with E-state index in [-0.39, 0.29) is 17.3 Å². The van der Waals surface area contributed by atoms with Crippen LogP contribution in [0.15, 0.2) is 29.2 Å². The Balaban J connectivity index is 2.35. The van der Waals surface area contributed by atoms with Gasteiger partial charge >= 0.3 is 16.4 Å². The second-order valence-electron chi connectivity index (χ2n) is 6.51. The molecule has 1 amide bonds. The van der Waals surface area contributed by atoms with Gasteiger partial charge in [-0.3, -0.25) is 4.18 Å². The van der Waals surface area contributed by atoms with Crippen molar-refractivity contribution in [2.24, 2.45) is 0 Å². The fraction of sp³-hybridized carbons (Fsp3) is 0.533. The molecule has 1 aromatic rings. The average molecular weight is 391 g/mol. The molecule has 1 aromatic carbocycles. The summed E-state index contributed by atoms with van der Waals surface area (Å²) >= 11 is 0. The van der Waals surface area contributed by atoms with Crippen LogP contribution >= 0.6 is 0 Å². The van der Waals surface area contributed by atoms with Gasteiger partial charge in [0.05, 0.1) is 17.3 Å². The zero-order valence-electron chi connectivity index (χ0n) is 14.4. The lowest BCUT2D eigenvalue weighted by Gasteiger charge is -2.26. The zero-order chi connectivity index (χ0) is 19.0. The van der Waals surface area contributed by atoms with E-state index in [0.717, 1.165) is 0 Å². The summed E-state index contributed by atoms with van der Waals surface area (Å²) in [6, 6.07) is 4.78. The Kier molecular flexibility index (Phi) is 5.18. The van der Waals surface area contributed by atoms with Gasteiger partial charge in [0, 0.05) is 0 Å². The maximum atomic E-state index is 12.3. The number of amides is 1. The van der Waals surface area contributed by atoms with Crippen LogP contribution in [0.4, 0.5) is 4.79 Å². The van der Waals surface area contributed by atoms with E-state index in [1.807, 2.05) is 0 Å². The van der Waals surface area contributed by atoms with Gasteiger partial charge in [0.15, 0.2) is 9.84 Å². The van der Waals surface area contributed by atoms with Gasteiger partial charge in [0.1, 0.15) is 11.6 Å². The van der Waals surface area contributed by atoms with Crippen LogP contribution in [0.5, 0.6) is 0 Å². The fourth-order valence-corrected chi connectivity index (χ4v) is 4.26. The highest BCUT2D eigenvalue weighted by Gasteiger charge is 2.45. The monoisotopic (exact) mass is 391 g/mol. The fourth-order valence-electron chi connectivity index (χ4n) is 2.25. The summed E-state index contributed by atoms with van der Waals surface area (Å²) in [5, 5.41) is 0. The Morgan fingerprint density at radius 1 is 1.28 bits per heavy atom. The molecule has 0 radical (unpaired) electrons. The average Bonchev–Trinajstić information content (AvgIpc) is 2.81. The van der Waals surface area contributed by atoms with Crippen molar-refractivity contribution in [3.63, 3.8) is 0 Å². The van der Waals surface area contributed by atoms with Crippen LogP contribution in [0.3, 0.4) is 0 Å². The molecule has 25 heavy (non-hydrogen) atoms. The zero-order valence-corrected chi connectivity index (χ0v) is 16.1. The number of ether oxygens (including phenoxy) is 1. The maximum Gasteiger partial charge on any atom is 0.426 e. The van der Waals surface area contributed by atoms with Crippen LogP contribution in [-0.4, -0.2) is 45.2 Å². The number of carbonyl (C=O) groups excluding carboxylic acids is 1. The van der Waals surface area contributed by atoms with E-state index in [2.05, 4.69) is 0 Å². The summed E-state index contributed by atoms with van der Waals surface area (Å²) in [6.45, 7) is 6.13. The molecule has 1 atom stereocenters. The number of hydrogen-bond donors (Lipinski definition) is 0. The quantitative estimate of drug-likeness (QED) is 0.776. The highest BCUT2D eigenvalue weighted by Crippen LogP contribution is 2.33. The first kappa shape index (κ1) is 19.7. The minimum absolute atomic E-state index is 0.0443. The summed E-state index contributed by atoms with van der Waals surface area (Å²) in [5.74, 6) is -0.0443. The molecule has 0 unspecified atom stereocenters. The van der Waals surface area contributed by atoms with Crippen molar-refractivity contribution in [3.05, 3.63) is 29.8 Å². The molecule has 0 spiro atoms. The minimum atomic E-state index is -4.26. The van der Waals surface area contributed by atoms with E-state index in [4.69, 9.17) is 8.92 Å². The van der Waals surface area contributed by atoms with Gasteiger partial charge in [-0.1, -0.05) is 19.1 Å². The molecule has 0 aromatic heterocycles. The van der Waals surface area contributed by atoms with Gasteiger partial charge in [-0.25, -0.2) is 13.2 Å². The predicted molar refractivity (Wildman–Crippen MR) is 89.9 cm³/mol. The summed E-state index contributed by atoms with van der Waals surface area (Å²) in [6.07, 6.45) is -1.04. The third-order valence-corrected chi connectivity index (χ3v) is 6.55. The number of nitrogens with zero attached hydrogens (tertiary/aromatic N) is 1. The molecule has 2 rings (SSSR count). The number of rotatable bonds is 3. The molecule has 1 aliphatic heterocycles. The third-order valence-electron chi connectivity index (χ3n) is 3.48. The van der Waals surface area contributed by atoms with Crippen molar-refractivity contribution in [1.29, 1.82) is 0 Å². The van der Waals surface area contributed by atoms with Crippen LogP contribution in [0.2, 0.25) is 0 Å². The smallest absolute Gasteiger partial charge is 0.426 e. The topological polar surface area (TPSA) is 107 Å². The van der Waals surface area contributed by atoms with Crippen LogP contribution < -0.4 is 0 Å². The summed E-state index contributed by atoms with van der Waals surface area (Å²) < 4.78 is 58.3. The van der Waals surface area contributed by atoms with Crippen molar-refractivity contribution in [2.45, 2.75) is 44.2 Å². The van der Waals surface area contributed by atoms with Crippen LogP contribution in [0.25, 0.3) is 0 Å². The maximum absolute atomic E-state index is 12.3. The van der Waals surface area contributed by atoms with Crippen molar-refractivity contribution < 1.29 is 30.6 Å². The molecule has 140 valence electrons. The summed E-state index contributed by atoms with van der Waals surface area (Å²) in [4.78, 5) is 12.4. The van der Waals surface area contributed by atoms with Gasteiger partial charge in [0.25, 0.3) is 0 Å².